The molecule has 1 aromatic carbocycles. The average Bonchev–Trinajstić information content (AvgIpc) is 2.97. The summed E-state index contributed by atoms with van der Waals surface area (Å²) in [5.41, 5.74) is 1.00. The number of non-ortho nitro benzene ring substituents is 1. The molecule has 0 unspecified atom stereocenters. The fraction of sp³-hybridized carbons (Fsp3) is 0.214. The van der Waals surface area contributed by atoms with Crippen LogP contribution in [0, 0.1) is 10.1 Å². The average molecular weight is 290 g/mol. The van der Waals surface area contributed by atoms with E-state index >= 15 is 0 Å². The number of carbonyl (C=O) groups is 1. The van der Waals surface area contributed by atoms with Crippen molar-refractivity contribution in [3.05, 3.63) is 56.3 Å². The van der Waals surface area contributed by atoms with Crippen molar-refractivity contribution in [2.24, 2.45) is 0 Å². The minimum absolute atomic E-state index is 0.0666. The van der Waals surface area contributed by atoms with E-state index in [9.17, 15) is 14.9 Å². The summed E-state index contributed by atoms with van der Waals surface area (Å²) in [7, 11) is 0. The Balaban J connectivity index is 2.33. The van der Waals surface area contributed by atoms with Gasteiger partial charge in [-0.25, -0.2) is 0 Å². The highest BCUT2D eigenvalue weighted by molar-refractivity contribution is 7.09. The van der Waals surface area contributed by atoms with E-state index in [1.807, 2.05) is 29.3 Å². The van der Waals surface area contributed by atoms with E-state index < -0.39 is 4.92 Å². The molecule has 0 saturated heterocycles. The van der Waals surface area contributed by atoms with E-state index in [0.29, 0.717) is 18.4 Å². The third-order valence-corrected chi connectivity index (χ3v) is 3.86. The zero-order valence-electron chi connectivity index (χ0n) is 11.0. The van der Waals surface area contributed by atoms with Gasteiger partial charge < -0.3 is 4.90 Å². The minimum atomic E-state index is -0.494. The number of benzene rings is 1. The molecular weight excluding hydrogens is 276 g/mol. The van der Waals surface area contributed by atoms with E-state index in [1.165, 1.54) is 17.0 Å². The van der Waals surface area contributed by atoms with Gasteiger partial charge in [-0.05, 0) is 24.4 Å². The molecule has 2 rings (SSSR count). The van der Waals surface area contributed by atoms with Gasteiger partial charge in [0, 0.05) is 34.8 Å². The number of anilines is 1. The van der Waals surface area contributed by atoms with E-state index in [0.717, 1.165) is 12.2 Å². The van der Waals surface area contributed by atoms with Crippen molar-refractivity contribution in [2.75, 3.05) is 11.4 Å². The maximum absolute atomic E-state index is 11.2. The van der Waals surface area contributed by atoms with Crippen molar-refractivity contribution >= 4 is 29.0 Å². The molecule has 0 spiro atoms. The lowest BCUT2D eigenvalue weighted by atomic mass is 10.1. The number of hydrogen-bond donors (Lipinski definition) is 0. The number of aldehydes is 1. The molecule has 0 bridgehead atoms. The van der Waals surface area contributed by atoms with Crippen LogP contribution in [0.2, 0.25) is 0 Å². The molecule has 6 heteroatoms. The van der Waals surface area contributed by atoms with Gasteiger partial charge in [0.25, 0.3) is 5.69 Å². The van der Waals surface area contributed by atoms with Crippen LogP contribution in [0.4, 0.5) is 11.4 Å². The molecule has 0 aliphatic rings. The number of nitro benzene ring substituents is 1. The van der Waals surface area contributed by atoms with E-state index in [1.54, 1.807) is 17.4 Å². The molecule has 1 aromatic heterocycles. The molecule has 0 aliphatic carbocycles. The largest absolute Gasteiger partial charge is 0.366 e. The van der Waals surface area contributed by atoms with Crippen LogP contribution in [0.3, 0.4) is 0 Å². The van der Waals surface area contributed by atoms with E-state index in [-0.39, 0.29) is 5.69 Å². The lowest BCUT2D eigenvalue weighted by Crippen LogP contribution is -2.22. The van der Waals surface area contributed by atoms with E-state index in [4.69, 9.17) is 0 Å². The zero-order valence-corrected chi connectivity index (χ0v) is 11.8. The zero-order chi connectivity index (χ0) is 14.5. The summed E-state index contributed by atoms with van der Waals surface area (Å²) in [6, 6.07) is 8.39. The van der Waals surface area contributed by atoms with Gasteiger partial charge >= 0.3 is 0 Å². The van der Waals surface area contributed by atoms with Crippen LogP contribution < -0.4 is 4.90 Å². The first-order valence-corrected chi connectivity index (χ1v) is 7.04. The first kappa shape index (κ1) is 14.2. The molecule has 1 heterocycles. The highest BCUT2D eigenvalue weighted by Gasteiger charge is 2.15. The van der Waals surface area contributed by atoms with Gasteiger partial charge in [0.05, 0.1) is 11.5 Å². The molecule has 0 aliphatic heterocycles. The van der Waals surface area contributed by atoms with Gasteiger partial charge in [-0.1, -0.05) is 6.07 Å². The predicted molar refractivity (Wildman–Crippen MR) is 79.5 cm³/mol. The van der Waals surface area contributed by atoms with Crippen LogP contribution in [-0.2, 0) is 6.54 Å². The topological polar surface area (TPSA) is 63.4 Å². The molecular formula is C14H14N2O3S. The maximum atomic E-state index is 11.2. The van der Waals surface area contributed by atoms with Crippen molar-refractivity contribution in [3.8, 4) is 0 Å². The third kappa shape index (κ3) is 3.03. The Labute approximate surface area is 120 Å². The van der Waals surface area contributed by atoms with Gasteiger partial charge in [0.15, 0.2) is 6.29 Å². The second kappa shape index (κ2) is 6.29. The first-order chi connectivity index (χ1) is 9.65. The smallest absolute Gasteiger partial charge is 0.270 e. The standard InChI is InChI=1S/C14H14N2O3S/c1-2-15(9-13-4-3-7-20-13)14-6-5-12(16(18)19)8-11(14)10-17/h3-8,10H,2,9H2,1H3. The molecule has 0 fully saturated rings. The molecule has 0 radical (unpaired) electrons. The van der Waals surface area contributed by atoms with Gasteiger partial charge in [0.1, 0.15) is 0 Å². The van der Waals surface area contributed by atoms with Gasteiger partial charge in [-0.2, -0.15) is 0 Å². The number of thiophene rings is 1. The Hall–Kier alpha value is -2.21. The molecule has 5 nitrogen and oxygen atoms in total. The summed E-state index contributed by atoms with van der Waals surface area (Å²) >= 11 is 1.64. The van der Waals surface area contributed by atoms with Gasteiger partial charge in [0.2, 0.25) is 0 Å². The summed E-state index contributed by atoms with van der Waals surface area (Å²) < 4.78 is 0. The fourth-order valence-corrected chi connectivity index (χ4v) is 2.72. The number of nitro groups is 1. The van der Waals surface area contributed by atoms with Crippen LogP contribution in [-0.4, -0.2) is 17.8 Å². The fourth-order valence-electron chi connectivity index (χ4n) is 2.00. The second-order valence-corrected chi connectivity index (χ2v) is 5.24. The van der Waals surface area contributed by atoms with Crippen LogP contribution in [0.25, 0.3) is 0 Å². The van der Waals surface area contributed by atoms with Crippen LogP contribution >= 0.6 is 11.3 Å². The molecule has 0 N–H and O–H groups in total. The van der Waals surface area contributed by atoms with Crippen molar-refractivity contribution in [3.63, 3.8) is 0 Å². The number of rotatable bonds is 6. The lowest BCUT2D eigenvalue weighted by molar-refractivity contribution is -0.384. The monoisotopic (exact) mass is 290 g/mol. The van der Waals surface area contributed by atoms with Crippen LogP contribution in [0.15, 0.2) is 35.7 Å². The second-order valence-electron chi connectivity index (χ2n) is 4.21. The predicted octanol–water partition coefficient (Wildman–Crippen LogP) is 3.50. The summed E-state index contributed by atoms with van der Waals surface area (Å²) in [4.78, 5) is 24.6. The lowest BCUT2D eigenvalue weighted by Gasteiger charge is -2.23. The van der Waals surface area contributed by atoms with Crippen LogP contribution in [0.1, 0.15) is 22.2 Å². The molecule has 0 saturated carbocycles. The summed E-state index contributed by atoms with van der Waals surface area (Å²) in [5, 5.41) is 12.8. The Morgan fingerprint density at radius 1 is 1.40 bits per heavy atom. The van der Waals surface area contributed by atoms with Crippen molar-refractivity contribution < 1.29 is 9.72 Å². The van der Waals surface area contributed by atoms with Crippen LogP contribution in [0.5, 0.6) is 0 Å². The Morgan fingerprint density at radius 2 is 2.20 bits per heavy atom. The Kier molecular flexibility index (Phi) is 4.47. The molecule has 0 amide bonds. The van der Waals surface area contributed by atoms with Crippen molar-refractivity contribution in [2.45, 2.75) is 13.5 Å². The van der Waals surface area contributed by atoms with Gasteiger partial charge in [-0.3, -0.25) is 14.9 Å². The molecule has 0 atom stereocenters. The Bertz CT molecular complexity index is 611. The molecule has 20 heavy (non-hydrogen) atoms. The summed E-state index contributed by atoms with van der Waals surface area (Å²) in [6.07, 6.45) is 0.666. The maximum Gasteiger partial charge on any atom is 0.270 e. The number of hydrogen-bond acceptors (Lipinski definition) is 5. The normalized spacial score (nSPS) is 10.2. The number of carbonyl (C=O) groups excluding carboxylic acids is 1. The van der Waals surface area contributed by atoms with Crippen molar-refractivity contribution in [1.29, 1.82) is 0 Å². The minimum Gasteiger partial charge on any atom is -0.366 e. The van der Waals surface area contributed by atoms with Crippen molar-refractivity contribution in [1.82, 2.24) is 0 Å². The summed E-state index contributed by atoms with van der Waals surface area (Å²) in [6.45, 7) is 3.40. The van der Waals surface area contributed by atoms with E-state index in [2.05, 4.69) is 0 Å². The SMILES string of the molecule is CCN(Cc1cccs1)c1ccc([N+](=O)[O-])cc1C=O. The highest BCUT2D eigenvalue weighted by Crippen LogP contribution is 2.26. The van der Waals surface area contributed by atoms with Gasteiger partial charge in [-0.15, -0.1) is 11.3 Å². The summed E-state index contributed by atoms with van der Waals surface area (Å²) in [5.74, 6) is 0. The quantitative estimate of drug-likeness (QED) is 0.464. The highest BCUT2D eigenvalue weighted by atomic mass is 32.1. The third-order valence-electron chi connectivity index (χ3n) is 3.00. The molecule has 104 valence electrons. The number of nitrogens with zero attached hydrogens (tertiary/aromatic N) is 2. The molecule has 2 aromatic rings. The first-order valence-electron chi connectivity index (χ1n) is 6.16. The Morgan fingerprint density at radius 3 is 2.75 bits per heavy atom.